The minimum Gasteiger partial charge on any atom is -0.453 e. The summed E-state index contributed by atoms with van der Waals surface area (Å²) in [4.78, 5) is 24.3. The number of benzene rings is 2. The Morgan fingerprint density at radius 2 is 1.44 bits per heavy atom. The molecule has 0 saturated carbocycles. The normalized spacial score (nSPS) is 15.2. The van der Waals surface area contributed by atoms with Crippen molar-refractivity contribution >= 4 is 33.4 Å². The van der Waals surface area contributed by atoms with Gasteiger partial charge in [-0.1, -0.05) is 17.7 Å². The Labute approximate surface area is 189 Å². The first-order valence-electron chi connectivity index (χ1n) is 10.5. The summed E-state index contributed by atoms with van der Waals surface area (Å²) in [5.41, 5.74) is 3.67. The molecule has 2 N–H and O–H groups in total. The Morgan fingerprint density at radius 3 is 1.94 bits per heavy atom. The van der Waals surface area contributed by atoms with Crippen molar-refractivity contribution in [1.29, 1.82) is 0 Å². The van der Waals surface area contributed by atoms with Gasteiger partial charge in [-0.15, -0.1) is 0 Å². The minimum absolute atomic E-state index is 0.140. The molecule has 32 heavy (non-hydrogen) atoms. The number of rotatable bonds is 5. The van der Waals surface area contributed by atoms with Crippen LogP contribution in [-0.4, -0.2) is 44.9 Å². The van der Waals surface area contributed by atoms with E-state index >= 15 is 0 Å². The lowest BCUT2D eigenvalue weighted by Crippen LogP contribution is -2.41. The third kappa shape index (κ3) is 5.28. The fraction of sp³-hybridized carbons (Fsp3) is 0.391. The summed E-state index contributed by atoms with van der Waals surface area (Å²) < 4.78 is 32.5. The highest BCUT2D eigenvalue weighted by molar-refractivity contribution is 7.89. The topological polar surface area (TPSA) is 105 Å². The number of carbonyl (C=O) groups excluding carboxylic acids is 2. The maximum atomic E-state index is 13.2. The third-order valence-electron chi connectivity index (χ3n) is 5.61. The second kappa shape index (κ2) is 9.70. The summed E-state index contributed by atoms with van der Waals surface area (Å²) in [5, 5.41) is 5.41. The maximum Gasteiger partial charge on any atom is 0.411 e. The van der Waals surface area contributed by atoms with Gasteiger partial charge in [-0.25, -0.2) is 13.2 Å². The van der Waals surface area contributed by atoms with Crippen molar-refractivity contribution < 1.29 is 22.7 Å². The molecule has 0 atom stereocenters. The van der Waals surface area contributed by atoms with Crippen molar-refractivity contribution in [2.75, 3.05) is 30.8 Å². The van der Waals surface area contributed by atoms with Gasteiger partial charge < -0.3 is 10.1 Å². The highest BCUT2D eigenvalue weighted by Crippen LogP contribution is 2.29. The predicted molar refractivity (Wildman–Crippen MR) is 123 cm³/mol. The van der Waals surface area contributed by atoms with Gasteiger partial charge in [-0.05, 0) is 69.0 Å². The van der Waals surface area contributed by atoms with Gasteiger partial charge in [0.15, 0.2) is 0 Å². The van der Waals surface area contributed by atoms with Crippen molar-refractivity contribution in [3.05, 3.63) is 53.1 Å². The molecule has 172 valence electrons. The predicted octanol–water partition coefficient (Wildman–Crippen LogP) is 3.83. The van der Waals surface area contributed by atoms with Crippen LogP contribution in [0.1, 0.15) is 29.5 Å². The van der Waals surface area contributed by atoms with Crippen molar-refractivity contribution in [3.8, 4) is 0 Å². The number of hydrogen-bond donors (Lipinski definition) is 2. The van der Waals surface area contributed by atoms with E-state index in [1.54, 1.807) is 24.3 Å². The van der Waals surface area contributed by atoms with E-state index in [1.807, 2.05) is 32.9 Å². The maximum absolute atomic E-state index is 13.2. The lowest BCUT2D eigenvalue weighted by Gasteiger charge is -2.31. The van der Waals surface area contributed by atoms with Crippen LogP contribution in [0.4, 0.5) is 16.2 Å². The lowest BCUT2D eigenvalue weighted by atomic mass is 9.97. The molecule has 0 unspecified atom stereocenters. The SMILES string of the molecule is COC(=O)Nc1ccc(NC(=O)C2CCN(S(=O)(=O)c3c(C)cc(C)cc3C)CC2)cc1. The summed E-state index contributed by atoms with van der Waals surface area (Å²) >= 11 is 0. The lowest BCUT2D eigenvalue weighted by molar-refractivity contribution is -0.120. The molecule has 0 aromatic heterocycles. The number of nitrogens with zero attached hydrogens (tertiary/aromatic N) is 1. The molecule has 8 nitrogen and oxygen atoms in total. The Bertz CT molecular complexity index is 1080. The largest absolute Gasteiger partial charge is 0.453 e. The fourth-order valence-electron chi connectivity index (χ4n) is 4.11. The van der Waals surface area contributed by atoms with Crippen LogP contribution in [0.5, 0.6) is 0 Å². The number of carbonyl (C=O) groups is 2. The molecule has 1 saturated heterocycles. The van der Waals surface area contributed by atoms with Crippen molar-refractivity contribution in [2.45, 2.75) is 38.5 Å². The molecule has 1 aliphatic rings. The van der Waals surface area contributed by atoms with E-state index in [9.17, 15) is 18.0 Å². The first-order chi connectivity index (χ1) is 15.1. The molecule has 0 radical (unpaired) electrons. The molecule has 0 bridgehead atoms. The monoisotopic (exact) mass is 459 g/mol. The van der Waals surface area contributed by atoms with E-state index in [1.165, 1.54) is 11.4 Å². The summed E-state index contributed by atoms with van der Waals surface area (Å²) in [6.07, 6.45) is 0.341. The van der Waals surface area contributed by atoms with Crippen molar-refractivity contribution in [3.63, 3.8) is 0 Å². The van der Waals surface area contributed by atoms with Crippen molar-refractivity contribution in [2.24, 2.45) is 5.92 Å². The van der Waals surface area contributed by atoms with Gasteiger partial charge in [-0.3, -0.25) is 10.1 Å². The number of sulfonamides is 1. The average molecular weight is 460 g/mol. The summed E-state index contributed by atoms with van der Waals surface area (Å²) in [6.45, 7) is 6.19. The number of methoxy groups -OCH3 is 1. The van der Waals surface area contributed by atoms with Gasteiger partial charge in [0.1, 0.15) is 0 Å². The molecular formula is C23H29N3O5S. The number of hydrogen-bond acceptors (Lipinski definition) is 5. The van der Waals surface area contributed by atoms with Crippen LogP contribution in [0.25, 0.3) is 0 Å². The van der Waals surface area contributed by atoms with E-state index in [0.717, 1.165) is 16.7 Å². The molecule has 1 aliphatic heterocycles. The van der Waals surface area contributed by atoms with Crippen LogP contribution in [0.2, 0.25) is 0 Å². The number of amides is 2. The van der Waals surface area contributed by atoms with Crippen LogP contribution >= 0.6 is 0 Å². The van der Waals surface area contributed by atoms with E-state index in [-0.39, 0.29) is 11.8 Å². The quantitative estimate of drug-likeness (QED) is 0.707. The van der Waals surface area contributed by atoms with Gasteiger partial charge in [-0.2, -0.15) is 4.31 Å². The number of piperidine rings is 1. The molecule has 0 spiro atoms. The van der Waals surface area contributed by atoms with Crippen LogP contribution < -0.4 is 10.6 Å². The van der Waals surface area contributed by atoms with Gasteiger partial charge in [0.25, 0.3) is 0 Å². The standard InChI is InChI=1S/C23H29N3O5S/c1-15-13-16(2)21(17(3)14-15)32(29,30)26-11-9-18(10-12-26)22(27)24-19-5-7-20(8-6-19)25-23(28)31-4/h5-8,13-14,18H,9-12H2,1-4H3,(H,24,27)(H,25,28). The Balaban J connectivity index is 1.61. The first-order valence-corrected chi connectivity index (χ1v) is 11.9. The van der Waals surface area contributed by atoms with E-state index in [0.29, 0.717) is 42.2 Å². The smallest absolute Gasteiger partial charge is 0.411 e. The summed E-state index contributed by atoms with van der Waals surface area (Å²) in [7, 11) is -2.33. The van der Waals surface area contributed by atoms with Gasteiger partial charge in [0.2, 0.25) is 15.9 Å². The van der Waals surface area contributed by atoms with Crippen LogP contribution in [-0.2, 0) is 19.6 Å². The van der Waals surface area contributed by atoms with Crippen LogP contribution in [0.15, 0.2) is 41.3 Å². The molecule has 2 aromatic carbocycles. The van der Waals surface area contributed by atoms with E-state index in [2.05, 4.69) is 15.4 Å². The number of aryl methyl sites for hydroxylation is 3. The van der Waals surface area contributed by atoms with Gasteiger partial charge >= 0.3 is 6.09 Å². The molecular weight excluding hydrogens is 430 g/mol. The summed E-state index contributed by atoms with van der Waals surface area (Å²) in [5.74, 6) is -0.409. The molecule has 1 heterocycles. The molecule has 9 heteroatoms. The molecule has 1 fully saturated rings. The fourth-order valence-corrected chi connectivity index (χ4v) is 5.99. The van der Waals surface area contributed by atoms with E-state index < -0.39 is 16.1 Å². The highest BCUT2D eigenvalue weighted by atomic mass is 32.2. The van der Waals surface area contributed by atoms with Gasteiger partial charge in [0.05, 0.1) is 12.0 Å². The van der Waals surface area contributed by atoms with Crippen LogP contribution in [0.3, 0.4) is 0 Å². The molecule has 0 aliphatic carbocycles. The Morgan fingerprint density at radius 1 is 0.938 bits per heavy atom. The summed E-state index contributed by atoms with van der Waals surface area (Å²) in [6, 6.07) is 10.5. The Kier molecular flexibility index (Phi) is 7.20. The van der Waals surface area contributed by atoms with Gasteiger partial charge in [0, 0.05) is 30.4 Å². The van der Waals surface area contributed by atoms with Crippen molar-refractivity contribution in [1.82, 2.24) is 4.31 Å². The number of nitrogens with one attached hydrogen (secondary N) is 2. The zero-order valence-electron chi connectivity index (χ0n) is 18.8. The number of anilines is 2. The third-order valence-corrected chi connectivity index (χ3v) is 7.82. The highest BCUT2D eigenvalue weighted by Gasteiger charge is 2.33. The second-order valence-electron chi connectivity index (χ2n) is 8.09. The first kappa shape index (κ1) is 23.7. The average Bonchev–Trinajstić information content (AvgIpc) is 2.74. The minimum atomic E-state index is -3.61. The van der Waals surface area contributed by atoms with Crippen LogP contribution in [0, 0.1) is 26.7 Å². The molecule has 2 amide bonds. The number of ether oxygens (including phenoxy) is 1. The Hall–Kier alpha value is -2.91. The zero-order chi connectivity index (χ0) is 23.5. The second-order valence-corrected chi connectivity index (χ2v) is 9.96. The molecule has 2 aromatic rings. The van der Waals surface area contributed by atoms with E-state index in [4.69, 9.17) is 0 Å². The molecule has 3 rings (SSSR count). The zero-order valence-corrected chi connectivity index (χ0v) is 19.6.